The van der Waals surface area contributed by atoms with E-state index in [1.807, 2.05) is 37.3 Å². The van der Waals surface area contributed by atoms with E-state index in [2.05, 4.69) is 15.2 Å². The molecule has 0 radical (unpaired) electrons. The van der Waals surface area contributed by atoms with Gasteiger partial charge in [0.05, 0.1) is 18.6 Å². The van der Waals surface area contributed by atoms with E-state index in [0.717, 1.165) is 16.6 Å². The number of aromatic amines is 1. The smallest absolute Gasteiger partial charge is 0.153 e. The van der Waals surface area contributed by atoms with Gasteiger partial charge in [-0.15, -0.1) is 0 Å². The molecular formula is C18H22N4O3. The van der Waals surface area contributed by atoms with E-state index in [4.69, 9.17) is 19.9 Å². The molecule has 0 saturated carbocycles. The second-order valence-electron chi connectivity index (χ2n) is 5.76. The van der Waals surface area contributed by atoms with Crippen LogP contribution < -0.4 is 15.2 Å². The first-order valence-corrected chi connectivity index (χ1v) is 8.13. The number of fused-ring (bicyclic) bond motifs is 1. The lowest BCUT2D eigenvalue weighted by Crippen LogP contribution is -2.18. The number of aromatic nitrogens is 3. The van der Waals surface area contributed by atoms with Gasteiger partial charge >= 0.3 is 0 Å². The lowest BCUT2D eigenvalue weighted by atomic mass is 10.2. The summed E-state index contributed by atoms with van der Waals surface area (Å²) in [6, 6.07) is 9.51. The van der Waals surface area contributed by atoms with E-state index in [-0.39, 0.29) is 6.10 Å². The maximum atomic E-state index is 5.94. The van der Waals surface area contributed by atoms with Crippen LogP contribution in [-0.4, -0.2) is 41.6 Å². The predicted octanol–water partition coefficient (Wildman–Crippen LogP) is 2.58. The predicted molar refractivity (Wildman–Crippen MR) is 95.9 cm³/mol. The number of methoxy groups -OCH3 is 1. The van der Waals surface area contributed by atoms with Crippen LogP contribution in [0.25, 0.3) is 10.9 Å². The molecule has 132 valence electrons. The number of nitrogens with zero attached hydrogens (tertiary/aromatic N) is 2. The van der Waals surface area contributed by atoms with Gasteiger partial charge in [0.2, 0.25) is 0 Å². The first kappa shape index (κ1) is 17.0. The summed E-state index contributed by atoms with van der Waals surface area (Å²) in [6.07, 6.45) is 2.39. The van der Waals surface area contributed by atoms with Gasteiger partial charge in [0, 0.05) is 31.5 Å². The summed E-state index contributed by atoms with van der Waals surface area (Å²) in [5.41, 5.74) is 7.67. The van der Waals surface area contributed by atoms with E-state index < -0.39 is 0 Å². The number of nitrogens with two attached hydrogens (primary N) is 1. The molecule has 1 aromatic carbocycles. The molecule has 25 heavy (non-hydrogen) atoms. The van der Waals surface area contributed by atoms with Crippen molar-refractivity contribution < 1.29 is 14.2 Å². The molecule has 0 aliphatic rings. The van der Waals surface area contributed by atoms with E-state index in [0.29, 0.717) is 37.0 Å². The lowest BCUT2D eigenvalue weighted by molar-refractivity contribution is 0.0920. The van der Waals surface area contributed by atoms with Gasteiger partial charge in [-0.3, -0.25) is 10.1 Å². The van der Waals surface area contributed by atoms with Crippen molar-refractivity contribution >= 4 is 16.7 Å². The molecule has 0 aliphatic carbocycles. The third kappa shape index (κ3) is 4.19. The van der Waals surface area contributed by atoms with Gasteiger partial charge in [-0.2, -0.15) is 5.10 Å². The summed E-state index contributed by atoms with van der Waals surface area (Å²) in [5.74, 6) is 1.73. The Labute approximate surface area is 146 Å². The van der Waals surface area contributed by atoms with Crippen molar-refractivity contribution in [3.05, 3.63) is 42.2 Å². The highest BCUT2D eigenvalue weighted by Crippen LogP contribution is 2.33. The number of rotatable bonds is 8. The van der Waals surface area contributed by atoms with Gasteiger partial charge in [-0.05, 0) is 25.1 Å². The minimum absolute atomic E-state index is 0.0862. The number of pyridine rings is 1. The molecule has 0 amide bonds. The van der Waals surface area contributed by atoms with Crippen LogP contribution in [0.15, 0.2) is 36.5 Å². The van der Waals surface area contributed by atoms with Crippen molar-refractivity contribution in [3.8, 4) is 11.5 Å². The molecule has 7 nitrogen and oxygen atoms in total. The van der Waals surface area contributed by atoms with Crippen LogP contribution in [0.3, 0.4) is 0 Å². The van der Waals surface area contributed by atoms with Crippen LogP contribution in [0, 0.1) is 0 Å². The summed E-state index contributed by atoms with van der Waals surface area (Å²) < 4.78 is 16.9. The Bertz CT molecular complexity index is 820. The van der Waals surface area contributed by atoms with Crippen LogP contribution >= 0.6 is 0 Å². The summed E-state index contributed by atoms with van der Waals surface area (Å²) in [7, 11) is 1.64. The van der Waals surface area contributed by atoms with Gasteiger partial charge in [0.25, 0.3) is 0 Å². The molecule has 0 spiro atoms. The van der Waals surface area contributed by atoms with E-state index in [9.17, 15) is 0 Å². The summed E-state index contributed by atoms with van der Waals surface area (Å²) in [6.45, 7) is 2.92. The zero-order valence-corrected chi connectivity index (χ0v) is 14.4. The van der Waals surface area contributed by atoms with Gasteiger partial charge in [0.1, 0.15) is 23.1 Å². The first-order chi connectivity index (χ1) is 12.2. The molecule has 3 aromatic rings. The van der Waals surface area contributed by atoms with Crippen molar-refractivity contribution in [2.24, 2.45) is 0 Å². The Kier molecular flexibility index (Phi) is 5.35. The Hall–Kier alpha value is -2.80. The molecule has 0 unspecified atom stereocenters. The van der Waals surface area contributed by atoms with Gasteiger partial charge in [-0.25, -0.2) is 0 Å². The number of hydrogen-bond donors (Lipinski definition) is 2. The van der Waals surface area contributed by atoms with Crippen molar-refractivity contribution in [2.45, 2.75) is 19.4 Å². The number of anilines is 1. The molecule has 0 saturated heterocycles. The summed E-state index contributed by atoms with van der Waals surface area (Å²) in [4.78, 5) is 4.30. The molecular weight excluding hydrogens is 320 g/mol. The number of nitrogen functional groups attached to an aromatic ring is 1. The summed E-state index contributed by atoms with van der Waals surface area (Å²) in [5, 5.41) is 7.75. The third-order valence-electron chi connectivity index (χ3n) is 3.72. The standard InChI is InChI=1S/C18H22N4O3/c1-12(11-23-2)25-14-9-15-17(21-22-18(15)19)16(10-14)24-8-6-13-5-3-4-7-20-13/h3-5,7,9-10,12H,6,8,11H2,1-2H3,(H3,19,21,22)/t12-/m0/s1. The minimum atomic E-state index is -0.0862. The highest BCUT2D eigenvalue weighted by molar-refractivity contribution is 5.94. The van der Waals surface area contributed by atoms with Gasteiger partial charge in [0.15, 0.2) is 5.82 Å². The Morgan fingerprint density at radius 2 is 2.16 bits per heavy atom. The maximum Gasteiger partial charge on any atom is 0.153 e. The second-order valence-corrected chi connectivity index (χ2v) is 5.76. The molecule has 1 atom stereocenters. The fourth-order valence-corrected chi connectivity index (χ4v) is 2.58. The molecule has 2 aromatic heterocycles. The molecule has 2 heterocycles. The van der Waals surface area contributed by atoms with E-state index in [1.165, 1.54) is 0 Å². The van der Waals surface area contributed by atoms with Crippen LogP contribution in [0.5, 0.6) is 11.5 Å². The molecule has 0 fully saturated rings. The zero-order valence-electron chi connectivity index (χ0n) is 14.4. The third-order valence-corrected chi connectivity index (χ3v) is 3.72. The number of hydrogen-bond acceptors (Lipinski definition) is 6. The van der Waals surface area contributed by atoms with Crippen molar-refractivity contribution in [1.29, 1.82) is 0 Å². The normalized spacial score (nSPS) is 12.2. The monoisotopic (exact) mass is 342 g/mol. The number of nitrogens with one attached hydrogen (secondary N) is 1. The van der Waals surface area contributed by atoms with Crippen molar-refractivity contribution in [1.82, 2.24) is 15.2 Å². The Morgan fingerprint density at radius 1 is 1.28 bits per heavy atom. The van der Waals surface area contributed by atoms with E-state index >= 15 is 0 Å². The average Bonchev–Trinajstić information content (AvgIpc) is 2.97. The minimum Gasteiger partial charge on any atom is -0.491 e. The van der Waals surface area contributed by atoms with Crippen LogP contribution in [-0.2, 0) is 11.2 Å². The number of benzene rings is 1. The fraction of sp³-hybridized carbons (Fsp3) is 0.333. The second kappa shape index (κ2) is 7.85. The molecule has 3 rings (SSSR count). The quantitative estimate of drug-likeness (QED) is 0.653. The van der Waals surface area contributed by atoms with Crippen LogP contribution in [0.2, 0.25) is 0 Å². The lowest BCUT2D eigenvalue weighted by Gasteiger charge is -2.15. The topological polar surface area (TPSA) is 95.3 Å². The molecule has 0 aliphatic heterocycles. The highest BCUT2D eigenvalue weighted by Gasteiger charge is 2.13. The fourth-order valence-electron chi connectivity index (χ4n) is 2.58. The average molecular weight is 342 g/mol. The molecule has 7 heteroatoms. The molecule has 0 bridgehead atoms. The zero-order chi connectivity index (χ0) is 17.6. The molecule has 3 N–H and O–H groups in total. The van der Waals surface area contributed by atoms with Crippen LogP contribution in [0.1, 0.15) is 12.6 Å². The highest BCUT2D eigenvalue weighted by atomic mass is 16.5. The first-order valence-electron chi connectivity index (χ1n) is 8.13. The van der Waals surface area contributed by atoms with Gasteiger partial charge in [-0.1, -0.05) is 6.07 Å². The van der Waals surface area contributed by atoms with E-state index in [1.54, 1.807) is 13.3 Å². The Balaban J connectivity index is 1.77. The largest absolute Gasteiger partial charge is 0.491 e. The van der Waals surface area contributed by atoms with Crippen molar-refractivity contribution in [3.63, 3.8) is 0 Å². The van der Waals surface area contributed by atoms with Gasteiger partial charge < -0.3 is 19.9 Å². The van der Waals surface area contributed by atoms with Crippen LogP contribution in [0.4, 0.5) is 5.82 Å². The maximum absolute atomic E-state index is 5.94. The summed E-state index contributed by atoms with van der Waals surface area (Å²) >= 11 is 0. The van der Waals surface area contributed by atoms with Crippen molar-refractivity contribution in [2.75, 3.05) is 26.1 Å². The SMILES string of the molecule is COC[C@H](C)Oc1cc(OCCc2ccccn2)c2[nH]nc(N)c2c1. The number of ether oxygens (including phenoxy) is 3. The Morgan fingerprint density at radius 3 is 2.92 bits per heavy atom. The number of H-pyrrole nitrogens is 1.